The Labute approximate surface area is 76.0 Å². The van der Waals surface area contributed by atoms with Crippen molar-refractivity contribution in [1.29, 1.82) is 0 Å². The van der Waals surface area contributed by atoms with Gasteiger partial charge in [0.05, 0.1) is 0 Å². The molecule has 0 bridgehead atoms. The highest BCUT2D eigenvalue weighted by Crippen LogP contribution is 2.10. The first-order chi connectivity index (χ1) is 5.56. The van der Waals surface area contributed by atoms with Gasteiger partial charge >= 0.3 is 0 Å². The Morgan fingerprint density at radius 3 is 2.25 bits per heavy atom. The Bertz CT molecular complexity index is 226. The fraction of sp³-hybridized carbons (Fsp3) is 0.333. The van der Waals surface area contributed by atoms with Gasteiger partial charge < -0.3 is 0 Å². The van der Waals surface area contributed by atoms with Gasteiger partial charge in [-0.2, -0.15) is 0 Å². The summed E-state index contributed by atoms with van der Waals surface area (Å²) in [4.78, 5) is 0. The summed E-state index contributed by atoms with van der Waals surface area (Å²) >= 11 is 0. The minimum Gasteiger partial charge on any atom is -0.0998 e. The van der Waals surface area contributed by atoms with E-state index in [1.54, 1.807) is 6.08 Å². The normalized spacial score (nSPS) is 12.9. The Morgan fingerprint density at radius 1 is 1.25 bits per heavy atom. The van der Waals surface area contributed by atoms with Gasteiger partial charge in [0.2, 0.25) is 0 Å². The van der Waals surface area contributed by atoms with E-state index < -0.39 is 0 Å². The standard InChI is InChI=1S/C12H18/c1-6-7-11(4)9-12(5)8-10(2)3/h6-7,9H,1-2,8H2,3-5H3/b11-7-,12-9-. The van der Waals surface area contributed by atoms with Crippen molar-refractivity contribution in [2.45, 2.75) is 27.2 Å². The van der Waals surface area contributed by atoms with E-state index in [1.165, 1.54) is 16.7 Å². The van der Waals surface area contributed by atoms with Crippen molar-refractivity contribution in [1.82, 2.24) is 0 Å². The number of rotatable bonds is 4. The molecular formula is C12H18. The minimum atomic E-state index is 0.988. The second-order valence-corrected chi connectivity index (χ2v) is 3.27. The molecule has 0 aromatic rings. The summed E-state index contributed by atoms with van der Waals surface area (Å²) in [7, 11) is 0. The van der Waals surface area contributed by atoms with E-state index in [9.17, 15) is 0 Å². The number of hydrogen-bond donors (Lipinski definition) is 0. The summed E-state index contributed by atoms with van der Waals surface area (Å²) in [5.74, 6) is 0. The lowest BCUT2D eigenvalue weighted by molar-refractivity contribution is 1.11. The molecule has 12 heavy (non-hydrogen) atoms. The molecule has 0 unspecified atom stereocenters. The molecule has 0 atom stereocenters. The van der Waals surface area contributed by atoms with Crippen LogP contribution in [0.5, 0.6) is 0 Å². The summed E-state index contributed by atoms with van der Waals surface area (Å²) in [6.45, 7) is 13.8. The van der Waals surface area contributed by atoms with Gasteiger partial charge in [-0.05, 0) is 27.2 Å². The van der Waals surface area contributed by atoms with Crippen LogP contribution in [0.4, 0.5) is 0 Å². The van der Waals surface area contributed by atoms with Crippen LogP contribution in [-0.4, -0.2) is 0 Å². The fourth-order valence-electron chi connectivity index (χ4n) is 1.15. The highest BCUT2D eigenvalue weighted by molar-refractivity contribution is 5.25. The van der Waals surface area contributed by atoms with Gasteiger partial charge in [0.25, 0.3) is 0 Å². The van der Waals surface area contributed by atoms with Crippen LogP contribution < -0.4 is 0 Å². The van der Waals surface area contributed by atoms with Gasteiger partial charge in [0, 0.05) is 0 Å². The second kappa shape index (κ2) is 5.59. The first-order valence-electron chi connectivity index (χ1n) is 4.17. The summed E-state index contributed by atoms with van der Waals surface area (Å²) in [6, 6.07) is 0. The van der Waals surface area contributed by atoms with Crippen molar-refractivity contribution in [3.05, 3.63) is 48.1 Å². The average molecular weight is 162 g/mol. The van der Waals surface area contributed by atoms with Crippen molar-refractivity contribution in [3.8, 4) is 0 Å². The molecule has 0 nitrogen and oxygen atoms in total. The lowest BCUT2D eigenvalue weighted by Crippen LogP contribution is -1.79. The molecule has 0 N–H and O–H groups in total. The zero-order valence-corrected chi connectivity index (χ0v) is 8.35. The van der Waals surface area contributed by atoms with E-state index in [2.05, 4.69) is 33.1 Å². The summed E-state index contributed by atoms with van der Waals surface area (Å²) in [6.07, 6.45) is 6.96. The van der Waals surface area contributed by atoms with E-state index in [0.717, 1.165) is 6.42 Å². The first-order valence-corrected chi connectivity index (χ1v) is 4.17. The van der Waals surface area contributed by atoms with E-state index in [4.69, 9.17) is 0 Å². The molecule has 0 fully saturated rings. The van der Waals surface area contributed by atoms with Gasteiger partial charge in [-0.15, -0.1) is 0 Å². The van der Waals surface area contributed by atoms with Crippen LogP contribution in [0.25, 0.3) is 0 Å². The highest BCUT2D eigenvalue weighted by atomic mass is 14.0. The minimum absolute atomic E-state index is 0.988. The van der Waals surface area contributed by atoms with Crippen LogP contribution in [0.3, 0.4) is 0 Å². The molecular weight excluding hydrogens is 144 g/mol. The second-order valence-electron chi connectivity index (χ2n) is 3.27. The van der Waals surface area contributed by atoms with Gasteiger partial charge in [0.1, 0.15) is 0 Å². The topological polar surface area (TPSA) is 0 Å². The van der Waals surface area contributed by atoms with Crippen LogP contribution >= 0.6 is 0 Å². The maximum Gasteiger partial charge on any atom is -0.0113 e. The van der Waals surface area contributed by atoms with Gasteiger partial charge in [-0.25, -0.2) is 0 Å². The smallest absolute Gasteiger partial charge is 0.0113 e. The third-order valence-electron chi connectivity index (χ3n) is 1.44. The van der Waals surface area contributed by atoms with Gasteiger partial charge in [-0.3, -0.25) is 0 Å². The van der Waals surface area contributed by atoms with E-state index >= 15 is 0 Å². The largest absolute Gasteiger partial charge is 0.0998 e. The molecule has 66 valence electrons. The van der Waals surface area contributed by atoms with Crippen molar-refractivity contribution in [2.75, 3.05) is 0 Å². The predicted molar refractivity (Wildman–Crippen MR) is 57.1 cm³/mol. The Kier molecular flexibility index (Phi) is 5.11. The fourth-order valence-corrected chi connectivity index (χ4v) is 1.15. The van der Waals surface area contributed by atoms with E-state index in [1.807, 2.05) is 13.0 Å². The van der Waals surface area contributed by atoms with Crippen LogP contribution in [-0.2, 0) is 0 Å². The molecule has 0 heteroatoms. The summed E-state index contributed by atoms with van der Waals surface area (Å²) in [5, 5.41) is 0. The van der Waals surface area contributed by atoms with Crippen LogP contribution in [0.2, 0.25) is 0 Å². The summed E-state index contributed by atoms with van der Waals surface area (Å²) in [5.41, 5.74) is 3.79. The molecule has 0 amide bonds. The molecule has 0 aromatic carbocycles. The third kappa shape index (κ3) is 5.72. The lowest BCUT2D eigenvalue weighted by Gasteiger charge is -1.99. The SMILES string of the molecule is C=C/C=C(C)\C=C(\C)CC(=C)C. The molecule has 0 radical (unpaired) electrons. The molecule has 0 rings (SSSR count). The Hall–Kier alpha value is -1.04. The van der Waals surface area contributed by atoms with Gasteiger partial charge in [0.15, 0.2) is 0 Å². The highest BCUT2D eigenvalue weighted by Gasteiger charge is 1.89. The molecule has 0 aliphatic carbocycles. The molecule has 0 aliphatic heterocycles. The number of hydrogen-bond acceptors (Lipinski definition) is 0. The molecule has 0 saturated heterocycles. The number of allylic oxidation sites excluding steroid dienone is 6. The summed E-state index contributed by atoms with van der Waals surface area (Å²) < 4.78 is 0. The quantitative estimate of drug-likeness (QED) is 0.432. The zero-order chi connectivity index (χ0) is 9.56. The Morgan fingerprint density at radius 2 is 1.83 bits per heavy atom. The van der Waals surface area contributed by atoms with Gasteiger partial charge in [-0.1, -0.05) is 48.1 Å². The molecule has 0 aliphatic rings. The maximum atomic E-state index is 3.87. The molecule has 0 spiro atoms. The maximum absolute atomic E-state index is 3.87. The molecule has 0 aromatic heterocycles. The van der Waals surface area contributed by atoms with Crippen LogP contribution in [0.15, 0.2) is 48.1 Å². The predicted octanol–water partition coefficient (Wildman–Crippen LogP) is 4.03. The Balaban J connectivity index is 4.24. The zero-order valence-electron chi connectivity index (χ0n) is 8.35. The molecule has 0 saturated carbocycles. The van der Waals surface area contributed by atoms with E-state index in [0.29, 0.717) is 0 Å². The van der Waals surface area contributed by atoms with Crippen molar-refractivity contribution in [2.24, 2.45) is 0 Å². The van der Waals surface area contributed by atoms with Crippen LogP contribution in [0, 0.1) is 0 Å². The average Bonchev–Trinajstić information content (AvgIpc) is 1.84. The first kappa shape index (κ1) is 11.0. The monoisotopic (exact) mass is 162 g/mol. The van der Waals surface area contributed by atoms with Crippen molar-refractivity contribution < 1.29 is 0 Å². The molecule has 0 heterocycles. The van der Waals surface area contributed by atoms with E-state index in [-0.39, 0.29) is 0 Å². The van der Waals surface area contributed by atoms with Crippen molar-refractivity contribution >= 4 is 0 Å². The lowest BCUT2D eigenvalue weighted by atomic mass is 10.1. The van der Waals surface area contributed by atoms with Crippen LogP contribution in [0.1, 0.15) is 27.2 Å². The third-order valence-corrected chi connectivity index (χ3v) is 1.44. The van der Waals surface area contributed by atoms with Crippen molar-refractivity contribution in [3.63, 3.8) is 0 Å².